The number of aliphatic hydroxyl groups excluding tert-OH is 1. The van der Waals surface area contributed by atoms with Gasteiger partial charge in [-0.25, -0.2) is 0 Å². The first-order chi connectivity index (χ1) is 7.77. The van der Waals surface area contributed by atoms with Gasteiger partial charge in [-0.05, 0) is 23.4 Å². The highest BCUT2D eigenvalue weighted by Crippen LogP contribution is 2.34. The van der Waals surface area contributed by atoms with Crippen molar-refractivity contribution in [2.45, 2.75) is 12.5 Å². The van der Waals surface area contributed by atoms with Crippen LogP contribution < -0.4 is 0 Å². The van der Waals surface area contributed by atoms with Crippen LogP contribution in [0.4, 0.5) is 11.4 Å². The molecule has 1 atom stereocenters. The lowest BCUT2D eigenvalue weighted by Gasteiger charge is -2.10. The molecule has 1 unspecified atom stereocenters. The topological polar surface area (TPSA) is 69.7 Å². The Bertz CT molecular complexity index is 468. The number of fused-ring (bicyclic) bond motifs is 1. The average Bonchev–Trinajstić information content (AvgIpc) is 2.32. The van der Waals surface area contributed by atoms with Crippen molar-refractivity contribution < 1.29 is 9.87 Å². The van der Waals surface area contributed by atoms with E-state index in [0.717, 1.165) is 4.76 Å². The molecular formula is C11H11N2O3+. The second-order valence-electron chi connectivity index (χ2n) is 3.57. The van der Waals surface area contributed by atoms with Crippen LogP contribution in [0.15, 0.2) is 29.5 Å². The fourth-order valence-corrected chi connectivity index (χ4v) is 1.79. The molecule has 5 nitrogen and oxygen atoms in total. The molecule has 0 bridgehead atoms. The lowest BCUT2D eigenvalue weighted by atomic mass is 10.0. The molecule has 2 rings (SSSR count). The minimum atomic E-state index is -0.376. The quantitative estimate of drug-likeness (QED) is 0.626. The number of nitroso groups, excluding NO2 is 2. The molecule has 1 aromatic carbocycles. The Morgan fingerprint density at radius 2 is 2.25 bits per heavy atom. The molecule has 1 aromatic rings. The summed E-state index contributed by atoms with van der Waals surface area (Å²) in [5, 5.41) is 11.7. The van der Waals surface area contributed by atoms with E-state index in [1.807, 2.05) is 0 Å². The summed E-state index contributed by atoms with van der Waals surface area (Å²) in [6.45, 7) is -0.0469. The van der Waals surface area contributed by atoms with Crippen LogP contribution >= 0.6 is 0 Å². The summed E-state index contributed by atoms with van der Waals surface area (Å²) in [5.74, 6) is 0. The molecule has 0 saturated carbocycles. The zero-order chi connectivity index (χ0) is 11.5. The predicted molar refractivity (Wildman–Crippen MR) is 59.7 cm³/mol. The molecule has 0 spiro atoms. The highest BCUT2D eigenvalue weighted by atomic mass is 16.3. The van der Waals surface area contributed by atoms with Crippen molar-refractivity contribution in [3.63, 3.8) is 0 Å². The third-order valence-electron chi connectivity index (χ3n) is 2.61. The second-order valence-corrected chi connectivity index (χ2v) is 3.57. The Morgan fingerprint density at radius 1 is 1.44 bits per heavy atom. The van der Waals surface area contributed by atoms with Gasteiger partial charge in [0.15, 0.2) is 0 Å². The normalized spacial score (nSPS) is 18.3. The average molecular weight is 219 g/mol. The van der Waals surface area contributed by atoms with Crippen molar-refractivity contribution in [1.29, 1.82) is 0 Å². The molecule has 1 N–H and O–H groups in total. The standard InChI is InChI=1S/C11H11N2O3/c14-7-6-8-4-5-9-10(12-15)2-1-3-11(9)13(8)16/h1-5,8,14H,6-7H2/q+1. The maximum Gasteiger partial charge on any atom is 0.266 e. The van der Waals surface area contributed by atoms with Crippen LogP contribution in [0, 0.1) is 9.81 Å². The van der Waals surface area contributed by atoms with Crippen molar-refractivity contribution >= 4 is 17.5 Å². The summed E-state index contributed by atoms with van der Waals surface area (Å²) in [5.41, 5.74) is 1.23. The highest BCUT2D eigenvalue weighted by Gasteiger charge is 2.32. The van der Waals surface area contributed by atoms with E-state index >= 15 is 0 Å². The van der Waals surface area contributed by atoms with Crippen molar-refractivity contribution in [3.05, 3.63) is 39.7 Å². The van der Waals surface area contributed by atoms with Crippen molar-refractivity contribution in [2.75, 3.05) is 6.61 Å². The zero-order valence-corrected chi connectivity index (χ0v) is 8.54. The second kappa shape index (κ2) is 4.32. The summed E-state index contributed by atoms with van der Waals surface area (Å²) in [6, 6.07) is 4.45. The summed E-state index contributed by atoms with van der Waals surface area (Å²) in [6.07, 6.45) is 3.76. The Morgan fingerprint density at radius 3 is 2.94 bits per heavy atom. The number of nitrogens with zero attached hydrogens (tertiary/aromatic N) is 2. The molecule has 0 aromatic heterocycles. The molecule has 0 aliphatic carbocycles. The first kappa shape index (κ1) is 10.6. The number of rotatable bonds is 3. The van der Waals surface area contributed by atoms with E-state index in [9.17, 15) is 9.81 Å². The summed E-state index contributed by atoms with van der Waals surface area (Å²) < 4.78 is 0.806. The maximum absolute atomic E-state index is 11.9. The summed E-state index contributed by atoms with van der Waals surface area (Å²) in [7, 11) is 0. The van der Waals surface area contributed by atoms with Gasteiger partial charge in [0, 0.05) is 28.8 Å². The molecule has 16 heavy (non-hydrogen) atoms. The van der Waals surface area contributed by atoms with Crippen molar-refractivity contribution in [2.24, 2.45) is 5.18 Å². The summed E-state index contributed by atoms with van der Waals surface area (Å²) in [4.78, 5) is 22.4. The van der Waals surface area contributed by atoms with Gasteiger partial charge in [-0.1, -0.05) is 6.07 Å². The monoisotopic (exact) mass is 219 g/mol. The van der Waals surface area contributed by atoms with Crippen LogP contribution in [0.25, 0.3) is 6.08 Å². The van der Waals surface area contributed by atoms with Crippen LogP contribution in [0.2, 0.25) is 0 Å². The van der Waals surface area contributed by atoms with Crippen LogP contribution in [0.5, 0.6) is 0 Å². The van der Waals surface area contributed by atoms with Gasteiger partial charge in [-0.15, -0.1) is 4.91 Å². The Balaban J connectivity index is 2.46. The fourth-order valence-electron chi connectivity index (χ4n) is 1.79. The minimum Gasteiger partial charge on any atom is -0.396 e. The molecule has 5 heteroatoms. The first-order valence-electron chi connectivity index (χ1n) is 4.99. The molecule has 0 saturated heterocycles. The SMILES string of the molecule is O=Nc1cccc2c1C=CC(CCO)[N+]2=O. The number of hydrogen-bond donors (Lipinski definition) is 1. The van der Waals surface area contributed by atoms with Crippen LogP contribution in [0.1, 0.15) is 12.0 Å². The van der Waals surface area contributed by atoms with Crippen molar-refractivity contribution in [3.8, 4) is 0 Å². The fraction of sp³-hybridized carbons (Fsp3) is 0.273. The number of benzene rings is 1. The van der Waals surface area contributed by atoms with Gasteiger partial charge in [0.25, 0.3) is 5.69 Å². The first-order valence-corrected chi connectivity index (χ1v) is 4.99. The van der Waals surface area contributed by atoms with E-state index in [1.165, 1.54) is 0 Å². The maximum atomic E-state index is 11.9. The van der Waals surface area contributed by atoms with Gasteiger partial charge in [-0.3, -0.25) is 0 Å². The zero-order valence-electron chi connectivity index (χ0n) is 8.54. The Labute approximate surface area is 92.0 Å². The van der Waals surface area contributed by atoms with E-state index in [0.29, 0.717) is 17.7 Å². The predicted octanol–water partition coefficient (Wildman–Crippen LogP) is 2.27. The van der Waals surface area contributed by atoms with Gasteiger partial charge in [0.05, 0.1) is 5.56 Å². The molecular weight excluding hydrogens is 208 g/mol. The van der Waals surface area contributed by atoms with E-state index in [4.69, 9.17) is 5.11 Å². The van der Waals surface area contributed by atoms with Gasteiger partial charge in [0.1, 0.15) is 5.69 Å². The lowest BCUT2D eigenvalue weighted by Crippen LogP contribution is -2.22. The third-order valence-corrected chi connectivity index (χ3v) is 2.61. The largest absolute Gasteiger partial charge is 0.396 e. The highest BCUT2D eigenvalue weighted by molar-refractivity contribution is 5.73. The van der Waals surface area contributed by atoms with Gasteiger partial charge in [0.2, 0.25) is 6.04 Å². The van der Waals surface area contributed by atoms with Gasteiger partial charge >= 0.3 is 0 Å². The third kappa shape index (κ3) is 1.65. The van der Waals surface area contributed by atoms with Gasteiger partial charge < -0.3 is 5.11 Å². The van der Waals surface area contributed by atoms with E-state index in [2.05, 4.69) is 5.18 Å². The number of aliphatic hydroxyl groups is 1. The number of hydrogen-bond acceptors (Lipinski definition) is 4. The van der Waals surface area contributed by atoms with E-state index in [1.54, 1.807) is 30.4 Å². The van der Waals surface area contributed by atoms with Crippen LogP contribution in [-0.4, -0.2) is 22.5 Å². The smallest absolute Gasteiger partial charge is 0.266 e. The molecule has 1 aliphatic heterocycles. The molecule has 0 amide bonds. The van der Waals surface area contributed by atoms with Crippen LogP contribution in [0.3, 0.4) is 0 Å². The Kier molecular flexibility index (Phi) is 2.87. The van der Waals surface area contributed by atoms with Crippen LogP contribution in [-0.2, 0) is 0 Å². The molecule has 1 aliphatic rings. The molecule has 0 radical (unpaired) electrons. The molecule has 1 heterocycles. The van der Waals surface area contributed by atoms with Crippen molar-refractivity contribution in [1.82, 2.24) is 0 Å². The van der Waals surface area contributed by atoms with Gasteiger partial charge in [-0.2, -0.15) is 0 Å². The summed E-state index contributed by atoms with van der Waals surface area (Å²) >= 11 is 0. The van der Waals surface area contributed by atoms with E-state index in [-0.39, 0.29) is 18.3 Å². The molecule has 0 fully saturated rings. The Hall–Kier alpha value is -1.88. The lowest BCUT2D eigenvalue weighted by molar-refractivity contribution is -0.495. The van der Waals surface area contributed by atoms with E-state index < -0.39 is 0 Å². The molecule has 82 valence electrons. The minimum absolute atomic E-state index is 0.0469.